The first-order chi connectivity index (χ1) is 14.2. The average Bonchev–Trinajstić information content (AvgIpc) is 3.07. The number of rotatable bonds is 5. The smallest absolute Gasteiger partial charge is 0.455 e. The van der Waals surface area contributed by atoms with Crippen LogP contribution >= 0.6 is 11.6 Å². The Hall–Kier alpha value is -2.97. The second-order valence-corrected chi connectivity index (χ2v) is 6.20. The van der Waals surface area contributed by atoms with Crippen molar-refractivity contribution >= 4 is 17.2 Å². The van der Waals surface area contributed by atoms with Crippen molar-refractivity contribution in [2.45, 2.75) is 24.8 Å². The maximum absolute atomic E-state index is 13.5. The number of nitrogens with zero attached hydrogens (tertiary/aromatic N) is 5. The first-order valence-electron chi connectivity index (χ1n) is 7.91. The van der Waals surface area contributed by atoms with Crippen molar-refractivity contribution in [3.8, 4) is 16.9 Å². The van der Waals surface area contributed by atoms with Gasteiger partial charge in [0.25, 0.3) is 5.56 Å². The number of hydrogen-bond acceptors (Lipinski definition) is 5. The molecule has 0 radical (unpaired) electrons. The molecule has 0 saturated heterocycles. The molecule has 3 aromatic heterocycles. The van der Waals surface area contributed by atoms with Crippen LogP contribution in [-0.2, 0) is 12.7 Å². The highest BCUT2D eigenvalue weighted by atomic mass is 35.5. The average molecular weight is 478 g/mol. The fourth-order valence-corrected chi connectivity index (χ4v) is 2.62. The van der Waals surface area contributed by atoms with E-state index in [4.69, 9.17) is 16.3 Å². The molecule has 0 saturated carbocycles. The maximum atomic E-state index is 13.5. The predicted octanol–water partition coefficient (Wildman–Crippen LogP) is 3.74. The minimum atomic E-state index is -5.91. The summed E-state index contributed by atoms with van der Waals surface area (Å²) in [6, 6.07) is 0.581. The highest BCUT2D eigenvalue weighted by Crippen LogP contribution is 2.37. The van der Waals surface area contributed by atoms with Gasteiger partial charge in [-0.2, -0.15) is 49.8 Å². The number of hydrogen-bond donors (Lipinski definition) is 0. The molecule has 3 heterocycles. The lowest BCUT2D eigenvalue weighted by Crippen LogP contribution is -2.40. The Balaban J connectivity index is 2.16. The Morgan fingerprint density at radius 3 is 2.29 bits per heavy atom. The summed E-state index contributed by atoms with van der Waals surface area (Å²) in [7, 11) is 0. The van der Waals surface area contributed by atoms with E-state index in [1.807, 2.05) is 0 Å². The van der Waals surface area contributed by atoms with E-state index in [0.717, 1.165) is 12.3 Å². The second-order valence-electron chi connectivity index (χ2n) is 5.98. The van der Waals surface area contributed by atoms with Crippen molar-refractivity contribution in [2.75, 3.05) is 6.07 Å². The summed E-state index contributed by atoms with van der Waals surface area (Å²) in [6.07, 6.45) is -9.15. The van der Waals surface area contributed by atoms with Crippen LogP contribution in [-0.4, -0.2) is 42.5 Å². The molecule has 7 nitrogen and oxygen atoms in total. The van der Waals surface area contributed by atoms with Crippen LogP contribution in [0, 0.1) is 0 Å². The summed E-state index contributed by atoms with van der Waals surface area (Å²) < 4.78 is 110. The van der Waals surface area contributed by atoms with Crippen molar-refractivity contribution < 1.29 is 39.9 Å². The molecule has 31 heavy (non-hydrogen) atoms. The SMILES string of the molecule is O=c1c(-c2cnn(CC(F)(F)C(F)(F)F)c2)c(C(F)(F)F)nc2cc(OCCl)cnn12. The molecule has 0 atom stereocenters. The van der Waals surface area contributed by atoms with Crippen LogP contribution in [0.5, 0.6) is 5.75 Å². The zero-order valence-electron chi connectivity index (χ0n) is 14.7. The molecular weight excluding hydrogens is 470 g/mol. The van der Waals surface area contributed by atoms with E-state index in [-0.39, 0.29) is 16.5 Å². The van der Waals surface area contributed by atoms with Crippen LogP contribution in [0.25, 0.3) is 16.8 Å². The van der Waals surface area contributed by atoms with Gasteiger partial charge in [-0.05, 0) is 0 Å². The van der Waals surface area contributed by atoms with Gasteiger partial charge in [-0.15, -0.1) is 0 Å². The zero-order valence-corrected chi connectivity index (χ0v) is 15.4. The molecule has 0 unspecified atom stereocenters. The minimum absolute atomic E-state index is 0.0715. The summed E-state index contributed by atoms with van der Waals surface area (Å²) in [4.78, 5) is 16.0. The van der Waals surface area contributed by atoms with Crippen LogP contribution in [0.1, 0.15) is 5.69 Å². The number of aromatic nitrogens is 5. The lowest BCUT2D eigenvalue weighted by molar-refractivity contribution is -0.287. The van der Waals surface area contributed by atoms with Crippen LogP contribution < -0.4 is 10.3 Å². The predicted molar refractivity (Wildman–Crippen MR) is 87.8 cm³/mol. The fraction of sp³-hybridized carbons (Fsp3) is 0.333. The first-order valence-corrected chi connectivity index (χ1v) is 8.44. The number of halogens is 9. The maximum Gasteiger partial charge on any atom is 0.455 e. The van der Waals surface area contributed by atoms with Crippen molar-refractivity contribution in [1.29, 1.82) is 0 Å². The topological polar surface area (TPSA) is 74.3 Å². The number of ether oxygens (including phenoxy) is 1. The lowest BCUT2D eigenvalue weighted by Gasteiger charge is -2.19. The Bertz CT molecular complexity index is 1170. The van der Waals surface area contributed by atoms with Crippen molar-refractivity contribution in [1.82, 2.24) is 24.4 Å². The molecule has 0 bridgehead atoms. The number of alkyl halides is 9. The molecule has 0 aliphatic rings. The Kier molecular flexibility index (Phi) is 5.58. The van der Waals surface area contributed by atoms with E-state index in [2.05, 4.69) is 15.2 Å². The van der Waals surface area contributed by atoms with Gasteiger partial charge in [0, 0.05) is 17.8 Å². The highest BCUT2D eigenvalue weighted by molar-refractivity contribution is 6.17. The van der Waals surface area contributed by atoms with Gasteiger partial charge < -0.3 is 4.74 Å². The molecule has 0 fully saturated rings. The van der Waals surface area contributed by atoms with Gasteiger partial charge in [-0.3, -0.25) is 9.48 Å². The molecule has 0 aliphatic carbocycles. The highest BCUT2D eigenvalue weighted by Gasteiger charge is 2.57. The summed E-state index contributed by atoms with van der Waals surface area (Å²) >= 11 is 5.35. The van der Waals surface area contributed by atoms with E-state index in [9.17, 15) is 39.9 Å². The third kappa shape index (κ3) is 4.40. The molecule has 0 aromatic carbocycles. The van der Waals surface area contributed by atoms with Gasteiger partial charge in [-0.25, -0.2) is 4.98 Å². The van der Waals surface area contributed by atoms with Gasteiger partial charge in [0.05, 0.1) is 18.0 Å². The summed E-state index contributed by atoms with van der Waals surface area (Å²) in [5.41, 5.74) is -5.47. The normalized spacial score (nSPS) is 13.1. The Labute approximate surface area is 170 Å². The summed E-state index contributed by atoms with van der Waals surface area (Å²) in [6.45, 7) is -2.00. The van der Waals surface area contributed by atoms with Gasteiger partial charge in [0.15, 0.2) is 17.4 Å². The third-order valence-corrected chi connectivity index (χ3v) is 3.95. The largest absolute Gasteiger partial charge is 0.476 e. The summed E-state index contributed by atoms with van der Waals surface area (Å²) in [5.74, 6) is -5.30. The lowest BCUT2D eigenvalue weighted by atomic mass is 10.1. The van der Waals surface area contributed by atoms with Gasteiger partial charge in [-0.1, -0.05) is 11.6 Å². The van der Waals surface area contributed by atoms with Crippen LogP contribution in [0.4, 0.5) is 35.1 Å². The monoisotopic (exact) mass is 477 g/mol. The standard InChI is InChI=1S/C15H8ClF8N5O2/c16-6-31-8-1-9-27-11(14(19,20)21)10(12(30)29(9)26-3-8)7-2-25-28(4-7)5-13(17,18)15(22,23)24/h1-4H,5-6H2. The molecular formula is C15H8ClF8N5O2. The van der Waals surface area contributed by atoms with E-state index in [0.29, 0.717) is 16.9 Å². The molecule has 168 valence electrons. The van der Waals surface area contributed by atoms with Crippen molar-refractivity contribution in [2.24, 2.45) is 0 Å². The Morgan fingerprint density at radius 1 is 1.03 bits per heavy atom. The first kappa shape index (κ1) is 22.7. The van der Waals surface area contributed by atoms with Gasteiger partial charge in [0.2, 0.25) is 0 Å². The third-order valence-electron chi connectivity index (χ3n) is 3.85. The minimum Gasteiger partial charge on any atom is -0.476 e. The van der Waals surface area contributed by atoms with Crippen LogP contribution in [0.15, 0.2) is 29.5 Å². The van der Waals surface area contributed by atoms with Crippen molar-refractivity contribution in [3.63, 3.8) is 0 Å². The molecule has 0 spiro atoms. The van der Waals surface area contributed by atoms with E-state index in [1.165, 1.54) is 0 Å². The van der Waals surface area contributed by atoms with E-state index < -0.39 is 52.8 Å². The molecule has 0 amide bonds. The molecule has 3 rings (SSSR count). The van der Waals surface area contributed by atoms with Gasteiger partial charge >= 0.3 is 18.3 Å². The van der Waals surface area contributed by atoms with E-state index >= 15 is 0 Å². The molecule has 16 heteroatoms. The van der Waals surface area contributed by atoms with Crippen LogP contribution in [0.3, 0.4) is 0 Å². The molecule has 0 aliphatic heterocycles. The van der Waals surface area contributed by atoms with Crippen molar-refractivity contribution in [3.05, 3.63) is 40.7 Å². The second kappa shape index (κ2) is 7.62. The molecule has 0 N–H and O–H groups in total. The van der Waals surface area contributed by atoms with E-state index in [1.54, 1.807) is 0 Å². The summed E-state index contributed by atoms with van der Waals surface area (Å²) in [5, 5.41) is 6.81. The zero-order chi connectivity index (χ0) is 23.2. The quantitative estimate of drug-likeness (QED) is 0.413. The van der Waals surface area contributed by atoms with Crippen LogP contribution in [0.2, 0.25) is 0 Å². The van der Waals surface area contributed by atoms with Gasteiger partial charge in [0.1, 0.15) is 12.3 Å². The number of fused-ring (bicyclic) bond motifs is 1. The fourth-order valence-electron chi connectivity index (χ4n) is 2.49. The Morgan fingerprint density at radius 2 is 1.71 bits per heavy atom. The molecule has 3 aromatic rings.